The van der Waals surface area contributed by atoms with Crippen molar-refractivity contribution in [1.29, 1.82) is 0 Å². The third kappa shape index (κ3) is 4.80. The normalized spacial score (nSPS) is 17.8. The lowest BCUT2D eigenvalue weighted by atomic mass is 10.1. The third-order valence-corrected chi connectivity index (χ3v) is 7.78. The third-order valence-electron chi connectivity index (χ3n) is 5.80. The van der Waals surface area contributed by atoms with Crippen molar-refractivity contribution in [1.82, 2.24) is 4.31 Å². The van der Waals surface area contributed by atoms with E-state index in [0.29, 0.717) is 62.8 Å². The summed E-state index contributed by atoms with van der Waals surface area (Å²) >= 11 is 0. The number of ether oxygens (including phenoxy) is 2. The van der Waals surface area contributed by atoms with E-state index in [9.17, 15) is 13.2 Å². The molecule has 0 aliphatic carbocycles. The summed E-state index contributed by atoms with van der Waals surface area (Å²) in [5.41, 5.74) is 2.62. The first-order valence-corrected chi connectivity index (χ1v) is 12.4. The summed E-state index contributed by atoms with van der Waals surface area (Å²) in [5.74, 6) is -0.341. The number of sulfonamides is 1. The number of aryl methyl sites for hydroxylation is 1. The molecule has 0 unspecified atom stereocenters. The summed E-state index contributed by atoms with van der Waals surface area (Å²) < 4.78 is 38.7. The Labute approximate surface area is 189 Å². The average Bonchev–Trinajstić information content (AvgIpc) is 2.85. The lowest BCUT2D eigenvalue weighted by Gasteiger charge is -2.30. The van der Waals surface area contributed by atoms with Crippen LogP contribution in [0.1, 0.15) is 22.8 Å². The fourth-order valence-corrected chi connectivity index (χ4v) is 5.74. The standard InChI is InChI=1S/C23H29N3O5S/c1-2-18-7-8-19(17-22(18)32(28,29)26-11-15-31-16-12-26)23(27)24-20-5-3-4-6-21(20)25-9-13-30-14-10-25/h3-8,17H,2,9-16H2,1H3,(H,24,27). The van der Waals surface area contributed by atoms with Gasteiger partial charge in [0.05, 0.1) is 42.7 Å². The van der Waals surface area contributed by atoms with Crippen molar-refractivity contribution in [3.8, 4) is 0 Å². The molecule has 8 nitrogen and oxygen atoms in total. The van der Waals surface area contributed by atoms with Gasteiger partial charge >= 0.3 is 0 Å². The zero-order valence-corrected chi connectivity index (χ0v) is 19.1. The second-order valence-corrected chi connectivity index (χ2v) is 9.67. The Morgan fingerprint density at radius 2 is 1.62 bits per heavy atom. The summed E-state index contributed by atoms with van der Waals surface area (Å²) in [6.07, 6.45) is 0.556. The highest BCUT2D eigenvalue weighted by Crippen LogP contribution is 2.28. The van der Waals surface area contributed by atoms with Crippen LogP contribution in [-0.4, -0.2) is 71.2 Å². The van der Waals surface area contributed by atoms with Crippen LogP contribution < -0.4 is 10.2 Å². The number of morpholine rings is 2. The molecule has 0 saturated carbocycles. The van der Waals surface area contributed by atoms with Crippen LogP contribution >= 0.6 is 0 Å². The molecule has 1 N–H and O–H groups in total. The maximum absolute atomic E-state index is 13.3. The molecular formula is C23H29N3O5S. The number of hydrogen-bond acceptors (Lipinski definition) is 6. The molecule has 2 aromatic carbocycles. The second kappa shape index (κ2) is 9.99. The smallest absolute Gasteiger partial charge is 0.255 e. The molecule has 32 heavy (non-hydrogen) atoms. The maximum atomic E-state index is 13.3. The lowest BCUT2D eigenvalue weighted by Crippen LogP contribution is -2.41. The number of anilines is 2. The number of carbonyl (C=O) groups excluding carboxylic acids is 1. The van der Waals surface area contributed by atoms with Gasteiger partial charge in [-0.05, 0) is 36.2 Å². The van der Waals surface area contributed by atoms with E-state index in [1.165, 1.54) is 10.4 Å². The highest BCUT2D eigenvalue weighted by molar-refractivity contribution is 7.89. The van der Waals surface area contributed by atoms with Gasteiger partial charge in [0.25, 0.3) is 5.91 Å². The molecule has 2 aliphatic rings. The Balaban J connectivity index is 1.61. The molecule has 1 amide bonds. The molecule has 2 heterocycles. The molecule has 0 atom stereocenters. The fourth-order valence-electron chi connectivity index (χ4n) is 4.01. The van der Waals surface area contributed by atoms with E-state index in [1.807, 2.05) is 31.2 Å². The number of amides is 1. The van der Waals surface area contributed by atoms with Crippen LogP contribution in [0, 0.1) is 0 Å². The molecule has 9 heteroatoms. The van der Waals surface area contributed by atoms with Crippen molar-refractivity contribution in [2.24, 2.45) is 0 Å². The molecule has 0 spiro atoms. The Morgan fingerprint density at radius 3 is 2.31 bits per heavy atom. The summed E-state index contributed by atoms with van der Waals surface area (Å²) in [4.78, 5) is 15.5. The zero-order valence-electron chi connectivity index (χ0n) is 18.2. The second-order valence-electron chi connectivity index (χ2n) is 7.76. The number of benzene rings is 2. The monoisotopic (exact) mass is 459 g/mol. The van der Waals surface area contributed by atoms with Crippen LogP contribution in [0.5, 0.6) is 0 Å². The Kier molecular flexibility index (Phi) is 7.10. The van der Waals surface area contributed by atoms with Crippen molar-refractivity contribution in [2.75, 3.05) is 62.8 Å². The van der Waals surface area contributed by atoms with Crippen molar-refractivity contribution in [3.05, 3.63) is 53.6 Å². The minimum atomic E-state index is -3.71. The summed E-state index contributed by atoms with van der Waals surface area (Å²) in [6.45, 7) is 6.07. The minimum absolute atomic E-state index is 0.191. The van der Waals surface area contributed by atoms with Crippen molar-refractivity contribution >= 4 is 27.3 Å². The van der Waals surface area contributed by atoms with Crippen LogP contribution in [0.2, 0.25) is 0 Å². The van der Waals surface area contributed by atoms with E-state index in [1.54, 1.807) is 12.1 Å². The number of carbonyl (C=O) groups is 1. The maximum Gasteiger partial charge on any atom is 0.255 e. The van der Waals surface area contributed by atoms with Gasteiger partial charge in [-0.1, -0.05) is 25.1 Å². The average molecular weight is 460 g/mol. The number of nitrogens with one attached hydrogen (secondary N) is 1. The van der Waals surface area contributed by atoms with Crippen molar-refractivity contribution < 1.29 is 22.7 Å². The minimum Gasteiger partial charge on any atom is -0.379 e. The van der Waals surface area contributed by atoms with Crippen LogP contribution in [0.3, 0.4) is 0 Å². The van der Waals surface area contributed by atoms with E-state index in [4.69, 9.17) is 9.47 Å². The van der Waals surface area contributed by atoms with Gasteiger partial charge in [0.15, 0.2) is 0 Å². The highest BCUT2D eigenvalue weighted by atomic mass is 32.2. The zero-order chi connectivity index (χ0) is 22.6. The number of para-hydroxylation sites is 2. The molecule has 0 bridgehead atoms. The number of hydrogen-bond donors (Lipinski definition) is 1. The topological polar surface area (TPSA) is 88.2 Å². The van der Waals surface area contributed by atoms with Gasteiger partial charge in [0.2, 0.25) is 10.0 Å². The van der Waals surface area contributed by atoms with Gasteiger partial charge in [0.1, 0.15) is 0 Å². The number of nitrogens with zero attached hydrogens (tertiary/aromatic N) is 2. The van der Waals surface area contributed by atoms with Crippen LogP contribution in [0.15, 0.2) is 47.4 Å². The summed E-state index contributed by atoms with van der Waals surface area (Å²) in [5, 5.41) is 2.97. The van der Waals surface area contributed by atoms with Crippen molar-refractivity contribution in [3.63, 3.8) is 0 Å². The Morgan fingerprint density at radius 1 is 0.969 bits per heavy atom. The quantitative estimate of drug-likeness (QED) is 0.714. The molecule has 0 radical (unpaired) electrons. The predicted molar refractivity (Wildman–Crippen MR) is 123 cm³/mol. The molecule has 2 aromatic rings. The SMILES string of the molecule is CCc1ccc(C(=O)Nc2ccccc2N2CCOCC2)cc1S(=O)(=O)N1CCOCC1. The Bertz CT molecular complexity index is 1060. The van der Waals surface area contributed by atoms with Gasteiger partial charge in [0, 0.05) is 31.7 Å². The van der Waals surface area contributed by atoms with Crippen LogP contribution in [-0.2, 0) is 25.9 Å². The highest BCUT2D eigenvalue weighted by Gasteiger charge is 2.29. The lowest BCUT2D eigenvalue weighted by molar-refractivity contribution is 0.0730. The van der Waals surface area contributed by atoms with E-state index in [2.05, 4.69) is 10.2 Å². The molecule has 2 fully saturated rings. The first-order chi connectivity index (χ1) is 15.5. The fraction of sp³-hybridized carbons (Fsp3) is 0.435. The van der Waals surface area contributed by atoms with E-state index in [-0.39, 0.29) is 10.8 Å². The van der Waals surface area contributed by atoms with Crippen molar-refractivity contribution in [2.45, 2.75) is 18.2 Å². The molecule has 4 rings (SSSR count). The van der Waals surface area contributed by atoms with E-state index >= 15 is 0 Å². The van der Waals surface area contributed by atoms with E-state index in [0.717, 1.165) is 18.8 Å². The van der Waals surface area contributed by atoms with E-state index < -0.39 is 10.0 Å². The van der Waals surface area contributed by atoms with Gasteiger partial charge in [-0.15, -0.1) is 0 Å². The summed E-state index contributed by atoms with van der Waals surface area (Å²) in [6, 6.07) is 12.5. The molecule has 172 valence electrons. The first kappa shape index (κ1) is 22.7. The van der Waals surface area contributed by atoms with Crippen LogP contribution in [0.4, 0.5) is 11.4 Å². The number of rotatable bonds is 6. The first-order valence-electron chi connectivity index (χ1n) is 10.9. The van der Waals surface area contributed by atoms with Gasteiger partial charge in [-0.2, -0.15) is 4.31 Å². The largest absolute Gasteiger partial charge is 0.379 e. The van der Waals surface area contributed by atoms with Gasteiger partial charge in [-0.3, -0.25) is 4.79 Å². The van der Waals surface area contributed by atoms with Gasteiger partial charge < -0.3 is 19.7 Å². The predicted octanol–water partition coefficient (Wildman–Crippen LogP) is 2.36. The van der Waals surface area contributed by atoms with Gasteiger partial charge in [-0.25, -0.2) is 8.42 Å². The summed E-state index contributed by atoms with van der Waals surface area (Å²) in [7, 11) is -3.71. The molecule has 2 saturated heterocycles. The molecule has 2 aliphatic heterocycles. The molecule has 0 aromatic heterocycles. The molecular weight excluding hydrogens is 430 g/mol. The van der Waals surface area contributed by atoms with Crippen LogP contribution in [0.25, 0.3) is 0 Å². The Hall–Kier alpha value is -2.46.